The Morgan fingerprint density at radius 3 is 2.67 bits per heavy atom. The minimum Gasteiger partial charge on any atom is -0.379 e. The summed E-state index contributed by atoms with van der Waals surface area (Å²) in [6, 6.07) is 0. The minimum atomic E-state index is -2.96. The molecule has 0 saturated carbocycles. The predicted molar refractivity (Wildman–Crippen MR) is 119 cm³/mol. The Labute approximate surface area is 181 Å². The smallest absolute Gasteiger partial charge is 0.194 e. The van der Waals surface area contributed by atoms with Crippen LogP contribution in [0.25, 0.3) is 0 Å². The van der Waals surface area contributed by atoms with Gasteiger partial charge in [0.15, 0.2) is 5.96 Å². The zero-order chi connectivity index (χ0) is 18.8. The zero-order valence-corrected chi connectivity index (χ0v) is 19.7. The van der Waals surface area contributed by atoms with Gasteiger partial charge in [-0.15, -0.1) is 24.0 Å². The quantitative estimate of drug-likeness (QED) is 0.203. The van der Waals surface area contributed by atoms with E-state index in [1.165, 1.54) is 12.7 Å². The highest BCUT2D eigenvalue weighted by Gasteiger charge is 2.27. The van der Waals surface area contributed by atoms with Crippen molar-refractivity contribution in [3.8, 4) is 0 Å². The van der Waals surface area contributed by atoms with E-state index in [2.05, 4.69) is 27.0 Å². The van der Waals surface area contributed by atoms with Gasteiger partial charge >= 0.3 is 0 Å². The van der Waals surface area contributed by atoms with Gasteiger partial charge in [0.25, 0.3) is 0 Å². The molecule has 1 N–H and O–H groups in total. The molecule has 1 atom stereocenters. The van der Waals surface area contributed by atoms with Crippen molar-refractivity contribution in [1.29, 1.82) is 0 Å². The molecule has 0 aliphatic carbocycles. The number of sulfone groups is 1. The summed E-state index contributed by atoms with van der Waals surface area (Å²) in [6.45, 7) is 11.1. The molecule has 2 aliphatic heterocycles. The van der Waals surface area contributed by atoms with Crippen molar-refractivity contribution >= 4 is 39.8 Å². The van der Waals surface area contributed by atoms with Gasteiger partial charge in [0.05, 0.1) is 38.7 Å². The maximum absolute atomic E-state index is 11.1. The molecule has 0 aromatic heterocycles. The molecular formula is C17H35IN4O4S. The van der Waals surface area contributed by atoms with Gasteiger partial charge < -0.3 is 19.7 Å². The summed E-state index contributed by atoms with van der Waals surface area (Å²) >= 11 is 0. The Bertz CT molecular complexity index is 541. The van der Waals surface area contributed by atoms with Crippen LogP contribution in [-0.4, -0.2) is 108 Å². The van der Waals surface area contributed by atoms with Crippen molar-refractivity contribution in [2.24, 2.45) is 10.9 Å². The molecule has 160 valence electrons. The van der Waals surface area contributed by atoms with Crippen molar-refractivity contribution in [3.05, 3.63) is 0 Å². The fraction of sp³-hybridized carbons (Fsp3) is 0.941. The molecule has 0 spiro atoms. The van der Waals surface area contributed by atoms with Crippen LogP contribution in [0.4, 0.5) is 0 Å². The second kappa shape index (κ2) is 13.1. The van der Waals surface area contributed by atoms with E-state index >= 15 is 0 Å². The van der Waals surface area contributed by atoms with Gasteiger partial charge in [0, 0.05) is 45.5 Å². The summed E-state index contributed by atoms with van der Waals surface area (Å²) in [5.41, 5.74) is 0. The van der Waals surface area contributed by atoms with Gasteiger partial charge in [-0.3, -0.25) is 9.89 Å². The van der Waals surface area contributed by atoms with Crippen molar-refractivity contribution < 1.29 is 17.9 Å². The molecule has 0 aromatic rings. The average Bonchev–Trinajstić information content (AvgIpc) is 3.05. The number of likely N-dealkylation sites (tertiary alicyclic amines) is 1. The molecule has 0 amide bonds. The third-order valence-electron chi connectivity index (χ3n) is 4.64. The highest BCUT2D eigenvalue weighted by atomic mass is 127. The summed E-state index contributed by atoms with van der Waals surface area (Å²) in [5, 5.41) is 3.35. The maximum atomic E-state index is 11.1. The number of aliphatic imine (C=N–C) groups is 1. The van der Waals surface area contributed by atoms with Gasteiger partial charge in [-0.05, 0) is 19.3 Å². The van der Waals surface area contributed by atoms with E-state index < -0.39 is 9.84 Å². The van der Waals surface area contributed by atoms with Crippen LogP contribution in [0, 0.1) is 5.92 Å². The lowest BCUT2D eigenvalue weighted by molar-refractivity contribution is 0.0315. The Morgan fingerprint density at radius 2 is 2.00 bits per heavy atom. The first-order valence-electron chi connectivity index (χ1n) is 9.56. The number of nitrogens with zero attached hydrogens (tertiary/aromatic N) is 3. The summed E-state index contributed by atoms with van der Waals surface area (Å²) in [7, 11) is -2.96. The molecule has 2 heterocycles. The van der Waals surface area contributed by atoms with E-state index in [9.17, 15) is 8.42 Å². The number of nitrogens with one attached hydrogen (secondary N) is 1. The van der Waals surface area contributed by atoms with Crippen LogP contribution in [0.3, 0.4) is 0 Å². The van der Waals surface area contributed by atoms with Gasteiger partial charge in [-0.25, -0.2) is 8.42 Å². The fourth-order valence-corrected chi connectivity index (χ4v) is 3.70. The monoisotopic (exact) mass is 518 g/mol. The first-order valence-corrected chi connectivity index (χ1v) is 11.6. The first kappa shape index (κ1) is 24.9. The van der Waals surface area contributed by atoms with Crippen LogP contribution in [-0.2, 0) is 19.3 Å². The summed E-state index contributed by atoms with van der Waals surface area (Å²) in [4.78, 5) is 9.46. The fourth-order valence-electron chi connectivity index (χ4n) is 3.28. The van der Waals surface area contributed by atoms with Gasteiger partial charge in [0.1, 0.15) is 9.84 Å². The standard InChI is InChI=1S/C17H34N4O4S.HI/c1-3-18-17(19-5-9-24-12-13-26(2,22)23)21-6-4-16(15-21)14-20-7-10-25-11-8-20;/h16H,3-15H2,1-2H3,(H,18,19);1H. The largest absolute Gasteiger partial charge is 0.379 e. The maximum Gasteiger partial charge on any atom is 0.194 e. The van der Waals surface area contributed by atoms with Crippen LogP contribution in [0.15, 0.2) is 4.99 Å². The molecule has 0 bridgehead atoms. The van der Waals surface area contributed by atoms with Crippen LogP contribution < -0.4 is 5.32 Å². The molecule has 2 rings (SSSR count). The van der Waals surface area contributed by atoms with Crippen LogP contribution >= 0.6 is 24.0 Å². The number of ether oxygens (including phenoxy) is 2. The molecule has 1 unspecified atom stereocenters. The van der Waals surface area contributed by atoms with E-state index in [-0.39, 0.29) is 36.3 Å². The number of rotatable bonds is 9. The number of hydrogen-bond donors (Lipinski definition) is 1. The number of halogens is 1. The topological polar surface area (TPSA) is 83.5 Å². The average molecular weight is 518 g/mol. The van der Waals surface area contributed by atoms with Gasteiger partial charge in [0.2, 0.25) is 0 Å². The van der Waals surface area contributed by atoms with Crippen LogP contribution in [0.1, 0.15) is 13.3 Å². The minimum absolute atomic E-state index is 0. The molecule has 2 aliphatic rings. The van der Waals surface area contributed by atoms with Crippen molar-refractivity contribution in [2.45, 2.75) is 13.3 Å². The molecule has 2 fully saturated rings. The van der Waals surface area contributed by atoms with E-state index in [0.717, 1.165) is 58.4 Å². The second-order valence-corrected chi connectivity index (χ2v) is 9.25. The van der Waals surface area contributed by atoms with Crippen molar-refractivity contribution in [1.82, 2.24) is 15.1 Å². The lowest BCUT2D eigenvalue weighted by Gasteiger charge is -2.29. The summed E-state index contributed by atoms with van der Waals surface area (Å²) < 4.78 is 32.9. The zero-order valence-electron chi connectivity index (χ0n) is 16.6. The second-order valence-electron chi connectivity index (χ2n) is 6.99. The molecule has 10 heteroatoms. The van der Waals surface area contributed by atoms with E-state index in [1.807, 2.05) is 0 Å². The van der Waals surface area contributed by atoms with E-state index in [4.69, 9.17) is 9.47 Å². The highest BCUT2D eigenvalue weighted by Crippen LogP contribution is 2.18. The molecule has 8 nitrogen and oxygen atoms in total. The van der Waals surface area contributed by atoms with Gasteiger partial charge in [-0.2, -0.15) is 0 Å². The lowest BCUT2D eigenvalue weighted by atomic mass is 10.1. The Balaban J connectivity index is 0.00000364. The van der Waals surface area contributed by atoms with Crippen molar-refractivity contribution in [3.63, 3.8) is 0 Å². The molecule has 2 saturated heterocycles. The van der Waals surface area contributed by atoms with Crippen LogP contribution in [0.2, 0.25) is 0 Å². The predicted octanol–water partition coefficient (Wildman–Crippen LogP) is 0.285. The normalized spacial score (nSPS) is 21.9. The summed E-state index contributed by atoms with van der Waals surface area (Å²) in [5.74, 6) is 1.67. The number of guanidine groups is 1. The molecule has 0 radical (unpaired) electrons. The Kier molecular flexibility index (Phi) is 12.1. The third kappa shape index (κ3) is 10.2. The van der Waals surface area contributed by atoms with Gasteiger partial charge in [-0.1, -0.05) is 0 Å². The first-order chi connectivity index (χ1) is 12.5. The third-order valence-corrected chi connectivity index (χ3v) is 5.54. The SMILES string of the molecule is CCNC(=NCCOCCS(C)(=O)=O)N1CCC(CN2CCOCC2)C1.I. The van der Waals surface area contributed by atoms with E-state index in [1.54, 1.807) is 0 Å². The Morgan fingerprint density at radius 1 is 1.26 bits per heavy atom. The molecule has 0 aromatic carbocycles. The Hall–Kier alpha value is -0.170. The highest BCUT2D eigenvalue weighted by molar-refractivity contribution is 14.0. The lowest BCUT2D eigenvalue weighted by Crippen LogP contribution is -2.42. The van der Waals surface area contributed by atoms with E-state index in [0.29, 0.717) is 19.1 Å². The van der Waals surface area contributed by atoms with Crippen LogP contribution in [0.5, 0.6) is 0 Å². The summed E-state index contributed by atoms with van der Waals surface area (Å²) in [6.07, 6.45) is 2.41. The number of hydrogen-bond acceptors (Lipinski definition) is 6. The molecular weight excluding hydrogens is 483 g/mol. The van der Waals surface area contributed by atoms with Crippen molar-refractivity contribution in [2.75, 3.05) is 84.2 Å². The molecule has 27 heavy (non-hydrogen) atoms. The number of morpholine rings is 1.